The standard InChI is InChI=1S/C20H31N5S.HI/c1-21-20(24(3)15-18-6-4-10-23(18)2)22-14-17-8-11-25(12-9-17)16-19-7-5-13-26-19;/h4-7,10,13,17H,8-9,11-12,14-16H2,1-3H3,(H,21,22);1H. The normalized spacial score (nSPS) is 16.2. The first-order chi connectivity index (χ1) is 12.7. The largest absolute Gasteiger partial charge is 0.356 e. The molecule has 0 amide bonds. The second kappa shape index (κ2) is 11.1. The fourth-order valence-corrected chi connectivity index (χ4v) is 4.32. The molecule has 0 saturated carbocycles. The van der Waals surface area contributed by atoms with E-state index in [-0.39, 0.29) is 24.0 Å². The van der Waals surface area contributed by atoms with Crippen LogP contribution in [0.4, 0.5) is 0 Å². The van der Waals surface area contributed by atoms with Gasteiger partial charge in [-0.3, -0.25) is 9.89 Å². The van der Waals surface area contributed by atoms with E-state index in [1.54, 1.807) is 0 Å². The lowest BCUT2D eigenvalue weighted by Gasteiger charge is -2.32. The van der Waals surface area contributed by atoms with Gasteiger partial charge in [0.2, 0.25) is 0 Å². The lowest BCUT2D eigenvalue weighted by atomic mass is 9.97. The van der Waals surface area contributed by atoms with E-state index in [0.29, 0.717) is 0 Å². The van der Waals surface area contributed by atoms with Gasteiger partial charge in [0, 0.05) is 51.0 Å². The van der Waals surface area contributed by atoms with Gasteiger partial charge in [-0.1, -0.05) is 6.07 Å². The molecular weight excluding hydrogens is 469 g/mol. The monoisotopic (exact) mass is 501 g/mol. The number of halogens is 1. The average molecular weight is 501 g/mol. The van der Waals surface area contributed by atoms with Crippen LogP contribution in [0, 0.1) is 5.92 Å². The van der Waals surface area contributed by atoms with Crippen LogP contribution in [0.3, 0.4) is 0 Å². The Morgan fingerprint density at radius 2 is 2.07 bits per heavy atom. The number of thiophene rings is 1. The van der Waals surface area contributed by atoms with E-state index < -0.39 is 0 Å². The number of nitrogens with one attached hydrogen (secondary N) is 1. The van der Waals surface area contributed by atoms with E-state index in [1.807, 2.05) is 18.4 Å². The number of hydrogen-bond donors (Lipinski definition) is 1. The second-order valence-electron chi connectivity index (χ2n) is 7.19. The summed E-state index contributed by atoms with van der Waals surface area (Å²) < 4.78 is 2.16. The number of guanidine groups is 1. The number of aromatic nitrogens is 1. The van der Waals surface area contributed by atoms with E-state index >= 15 is 0 Å². The van der Waals surface area contributed by atoms with Gasteiger partial charge in [0.15, 0.2) is 5.96 Å². The highest BCUT2D eigenvalue weighted by Crippen LogP contribution is 2.20. The van der Waals surface area contributed by atoms with E-state index in [0.717, 1.165) is 31.5 Å². The lowest BCUT2D eigenvalue weighted by molar-refractivity contribution is 0.179. The van der Waals surface area contributed by atoms with Crippen molar-refractivity contribution in [2.24, 2.45) is 18.0 Å². The Kier molecular flexibility index (Phi) is 9.11. The topological polar surface area (TPSA) is 35.8 Å². The first kappa shape index (κ1) is 22.2. The summed E-state index contributed by atoms with van der Waals surface area (Å²) in [6.07, 6.45) is 4.61. The molecule has 5 nitrogen and oxygen atoms in total. The lowest BCUT2D eigenvalue weighted by Crippen LogP contribution is -2.43. The molecule has 27 heavy (non-hydrogen) atoms. The van der Waals surface area contributed by atoms with Gasteiger partial charge in [0.05, 0.1) is 6.54 Å². The number of hydrogen-bond acceptors (Lipinski definition) is 3. The van der Waals surface area contributed by atoms with Crippen molar-refractivity contribution in [3.8, 4) is 0 Å². The third kappa shape index (κ3) is 6.50. The minimum absolute atomic E-state index is 0. The molecule has 1 aliphatic heterocycles. The zero-order valence-electron chi connectivity index (χ0n) is 16.6. The van der Waals surface area contributed by atoms with Crippen LogP contribution in [-0.2, 0) is 20.1 Å². The Hall–Kier alpha value is -1.06. The Labute approximate surface area is 184 Å². The van der Waals surface area contributed by atoms with Crippen LogP contribution < -0.4 is 5.32 Å². The van der Waals surface area contributed by atoms with Gasteiger partial charge in [-0.2, -0.15) is 0 Å². The number of nitrogens with zero attached hydrogens (tertiary/aromatic N) is 4. The van der Waals surface area contributed by atoms with Crippen molar-refractivity contribution >= 4 is 41.3 Å². The van der Waals surface area contributed by atoms with Crippen molar-refractivity contribution in [3.05, 3.63) is 46.4 Å². The molecule has 0 radical (unpaired) electrons. The van der Waals surface area contributed by atoms with Crippen LogP contribution in [-0.4, -0.2) is 54.1 Å². The van der Waals surface area contributed by atoms with E-state index in [4.69, 9.17) is 0 Å². The molecule has 0 aromatic carbocycles. The third-order valence-corrected chi connectivity index (χ3v) is 6.10. The predicted octanol–water partition coefficient (Wildman–Crippen LogP) is 3.62. The number of aliphatic imine (C=N–C) groups is 1. The van der Waals surface area contributed by atoms with Gasteiger partial charge in [-0.25, -0.2) is 0 Å². The third-order valence-electron chi connectivity index (χ3n) is 5.24. The van der Waals surface area contributed by atoms with Crippen molar-refractivity contribution < 1.29 is 0 Å². The smallest absolute Gasteiger partial charge is 0.193 e. The highest BCUT2D eigenvalue weighted by molar-refractivity contribution is 14.0. The van der Waals surface area contributed by atoms with Crippen molar-refractivity contribution in [1.82, 2.24) is 19.7 Å². The number of aryl methyl sites for hydroxylation is 1. The van der Waals surface area contributed by atoms with Crippen molar-refractivity contribution in [2.45, 2.75) is 25.9 Å². The van der Waals surface area contributed by atoms with Gasteiger partial charge in [-0.05, 0) is 55.4 Å². The van der Waals surface area contributed by atoms with Crippen molar-refractivity contribution in [2.75, 3.05) is 33.7 Å². The molecule has 7 heteroatoms. The first-order valence-corrected chi connectivity index (χ1v) is 10.3. The fraction of sp³-hybridized carbons (Fsp3) is 0.550. The molecule has 1 fully saturated rings. The minimum atomic E-state index is 0. The van der Waals surface area contributed by atoms with Gasteiger partial charge in [0.1, 0.15) is 0 Å². The zero-order chi connectivity index (χ0) is 18.4. The highest BCUT2D eigenvalue weighted by Gasteiger charge is 2.20. The molecule has 0 atom stereocenters. The molecule has 2 aromatic rings. The summed E-state index contributed by atoms with van der Waals surface area (Å²) in [6.45, 7) is 5.38. The van der Waals surface area contributed by atoms with E-state index in [2.05, 4.69) is 74.6 Å². The van der Waals surface area contributed by atoms with Crippen molar-refractivity contribution in [1.29, 1.82) is 0 Å². The Balaban J connectivity index is 0.00000261. The molecule has 0 bridgehead atoms. The molecule has 3 heterocycles. The summed E-state index contributed by atoms with van der Waals surface area (Å²) in [5.74, 6) is 1.71. The maximum Gasteiger partial charge on any atom is 0.193 e. The number of piperidine rings is 1. The molecule has 0 unspecified atom stereocenters. The van der Waals surface area contributed by atoms with Crippen molar-refractivity contribution in [3.63, 3.8) is 0 Å². The summed E-state index contributed by atoms with van der Waals surface area (Å²) in [6, 6.07) is 8.63. The summed E-state index contributed by atoms with van der Waals surface area (Å²) in [7, 11) is 6.06. The van der Waals surface area contributed by atoms with Crippen LogP contribution in [0.1, 0.15) is 23.4 Å². The quantitative estimate of drug-likeness (QED) is 0.373. The molecule has 2 aromatic heterocycles. The molecule has 1 saturated heterocycles. The highest BCUT2D eigenvalue weighted by atomic mass is 127. The summed E-state index contributed by atoms with van der Waals surface area (Å²) in [4.78, 5) is 10.7. The predicted molar refractivity (Wildman–Crippen MR) is 126 cm³/mol. The molecular formula is C20H32IN5S. The fourth-order valence-electron chi connectivity index (χ4n) is 3.57. The Morgan fingerprint density at radius 3 is 2.67 bits per heavy atom. The number of likely N-dealkylation sites (tertiary alicyclic amines) is 1. The van der Waals surface area contributed by atoms with Crippen LogP contribution in [0.5, 0.6) is 0 Å². The second-order valence-corrected chi connectivity index (χ2v) is 8.23. The maximum absolute atomic E-state index is 4.46. The van der Waals surface area contributed by atoms with E-state index in [9.17, 15) is 0 Å². The van der Waals surface area contributed by atoms with Crippen LogP contribution in [0.25, 0.3) is 0 Å². The number of rotatable bonds is 6. The molecule has 3 rings (SSSR count). The van der Waals surface area contributed by atoms with Gasteiger partial charge in [-0.15, -0.1) is 35.3 Å². The molecule has 1 aliphatic rings. The molecule has 150 valence electrons. The van der Waals surface area contributed by atoms with Gasteiger partial charge in [0.25, 0.3) is 0 Å². The summed E-state index contributed by atoms with van der Waals surface area (Å²) in [5.41, 5.74) is 1.29. The first-order valence-electron chi connectivity index (χ1n) is 9.42. The van der Waals surface area contributed by atoms with E-state index in [1.165, 1.54) is 36.5 Å². The maximum atomic E-state index is 4.46. The van der Waals surface area contributed by atoms with Crippen LogP contribution >= 0.6 is 35.3 Å². The molecule has 0 aliphatic carbocycles. The van der Waals surface area contributed by atoms with Gasteiger partial charge >= 0.3 is 0 Å². The zero-order valence-corrected chi connectivity index (χ0v) is 19.7. The Morgan fingerprint density at radius 1 is 1.30 bits per heavy atom. The molecule has 0 spiro atoms. The SMILES string of the molecule is CN=C(NCC1CCN(Cc2cccs2)CC1)N(C)Cc1cccn1C.I. The summed E-state index contributed by atoms with van der Waals surface area (Å²) >= 11 is 1.86. The Bertz CT molecular complexity index is 689. The summed E-state index contributed by atoms with van der Waals surface area (Å²) in [5, 5.41) is 5.75. The minimum Gasteiger partial charge on any atom is -0.356 e. The average Bonchev–Trinajstić information content (AvgIpc) is 3.29. The van der Waals surface area contributed by atoms with Crippen LogP contribution in [0.15, 0.2) is 40.8 Å². The molecule has 1 N–H and O–H groups in total. The van der Waals surface area contributed by atoms with Gasteiger partial charge < -0.3 is 14.8 Å². The van der Waals surface area contributed by atoms with Crippen LogP contribution in [0.2, 0.25) is 0 Å².